The second-order valence-electron chi connectivity index (χ2n) is 3.30. The molecule has 0 radical (unpaired) electrons. The van der Waals surface area contributed by atoms with E-state index in [2.05, 4.69) is 6.92 Å². The molecule has 2 aromatic rings. The van der Waals surface area contributed by atoms with Crippen LogP contribution in [0.5, 0.6) is 0 Å². The summed E-state index contributed by atoms with van der Waals surface area (Å²) >= 11 is 1.13. The minimum absolute atomic E-state index is 0.252. The molecule has 0 saturated carbocycles. The molecule has 0 bridgehead atoms. The summed E-state index contributed by atoms with van der Waals surface area (Å²) in [7, 11) is 0. The van der Waals surface area contributed by atoms with E-state index >= 15 is 0 Å². The molecular weight excluding hydrogens is 198 g/mol. The number of nitrogens with two attached hydrogens (primary N) is 1. The molecule has 0 fully saturated rings. The lowest BCUT2D eigenvalue weighted by molar-refractivity contribution is 0.585. The maximum atomic E-state index is 11.0. The fourth-order valence-electron chi connectivity index (χ4n) is 1.33. The summed E-state index contributed by atoms with van der Waals surface area (Å²) in [5, 5.41) is 0. The Balaban J connectivity index is 2.55. The van der Waals surface area contributed by atoms with Crippen LogP contribution in [-0.4, -0.2) is 6.54 Å². The van der Waals surface area contributed by atoms with Gasteiger partial charge in [-0.3, -0.25) is 0 Å². The topological polar surface area (TPSA) is 56.2 Å². The zero-order chi connectivity index (χ0) is 10.1. The van der Waals surface area contributed by atoms with Gasteiger partial charge in [0, 0.05) is 0 Å². The van der Waals surface area contributed by atoms with E-state index in [9.17, 15) is 4.79 Å². The molecule has 1 unspecified atom stereocenters. The summed E-state index contributed by atoms with van der Waals surface area (Å²) < 4.78 is 5.86. The van der Waals surface area contributed by atoms with Gasteiger partial charge in [-0.15, -0.1) is 0 Å². The Labute approximate surface area is 85.2 Å². The van der Waals surface area contributed by atoms with Crippen molar-refractivity contribution in [3.63, 3.8) is 0 Å². The molecule has 1 atom stereocenters. The molecule has 3 nitrogen and oxygen atoms in total. The highest BCUT2D eigenvalue weighted by Crippen LogP contribution is 2.22. The molecule has 0 spiro atoms. The largest absolute Gasteiger partial charge is 0.414 e. The standard InChI is InChI=1S/C10H11NO2S/c1-6(5-11)7-2-3-8-9(4-7)14-10(12)13-8/h2-4,6H,5,11H2,1H3. The van der Waals surface area contributed by atoms with E-state index in [1.54, 1.807) is 0 Å². The van der Waals surface area contributed by atoms with Gasteiger partial charge >= 0.3 is 4.94 Å². The van der Waals surface area contributed by atoms with Crippen LogP contribution in [0.4, 0.5) is 0 Å². The molecule has 0 aliphatic rings. The van der Waals surface area contributed by atoms with Crippen LogP contribution in [0, 0.1) is 0 Å². The first kappa shape index (κ1) is 9.43. The maximum absolute atomic E-state index is 11.0. The van der Waals surface area contributed by atoms with E-state index in [0.29, 0.717) is 18.0 Å². The molecule has 2 rings (SSSR count). The van der Waals surface area contributed by atoms with Gasteiger partial charge in [-0.05, 0) is 30.2 Å². The van der Waals surface area contributed by atoms with Crippen molar-refractivity contribution in [2.24, 2.45) is 5.73 Å². The highest BCUT2D eigenvalue weighted by molar-refractivity contribution is 7.16. The van der Waals surface area contributed by atoms with Crippen molar-refractivity contribution < 1.29 is 4.42 Å². The summed E-state index contributed by atoms with van der Waals surface area (Å²) in [5.74, 6) is 0.316. The maximum Gasteiger partial charge on any atom is 0.396 e. The van der Waals surface area contributed by atoms with E-state index in [-0.39, 0.29) is 4.94 Å². The number of fused-ring (bicyclic) bond motifs is 1. The molecule has 0 aliphatic heterocycles. The lowest BCUT2D eigenvalue weighted by atomic mass is 10.0. The van der Waals surface area contributed by atoms with Crippen LogP contribution >= 0.6 is 11.3 Å². The Bertz CT molecular complexity index is 500. The molecule has 0 saturated heterocycles. The van der Waals surface area contributed by atoms with Crippen LogP contribution in [0.3, 0.4) is 0 Å². The van der Waals surface area contributed by atoms with Crippen LogP contribution in [0.25, 0.3) is 10.3 Å². The van der Waals surface area contributed by atoms with Crippen molar-refractivity contribution in [2.75, 3.05) is 6.54 Å². The van der Waals surface area contributed by atoms with Crippen molar-refractivity contribution in [2.45, 2.75) is 12.8 Å². The predicted molar refractivity (Wildman–Crippen MR) is 57.8 cm³/mol. The van der Waals surface area contributed by atoms with E-state index in [0.717, 1.165) is 21.6 Å². The van der Waals surface area contributed by atoms with Gasteiger partial charge in [0.2, 0.25) is 0 Å². The third-order valence-corrected chi connectivity index (χ3v) is 3.07. The molecule has 14 heavy (non-hydrogen) atoms. The van der Waals surface area contributed by atoms with Gasteiger partial charge in [0.1, 0.15) is 5.58 Å². The van der Waals surface area contributed by atoms with Crippen LogP contribution in [-0.2, 0) is 0 Å². The number of rotatable bonds is 2. The normalized spacial score (nSPS) is 13.3. The third kappa shape index (κ3) is 1.58. The molecule has 1 aromatic carbocycles. The Morgan fingerprint density at radius 3 is 3.07 bits per heavy atom. The van der Waals surface area contributed by atoms with Gasteiger partial charge in [-0.1, -0.05) is 24.3 Å². The summed E-state index contributed by atoms with van der Waals surface area (Å²) in [5.41, 5.74) is 7.38. The van der Waals surface area contributed by atoms with E-state index in [4.69, 9.17) is 10.2 Å². The van der Waals surface area contributed by atoms with Gasteiger partial charge in [0.25, 0.3) is 0 Å². The minimum atomic E-state index is -0.252. The van der Waals surface area contributed by atoms with Gasteiger partial charge in [-0.2, -0.15) is 0 Å². The van der Waals surface area contributed by atoms with Crippen LogP contribution in [0.15, 0.2) is 27.4 Å². The second kappa shape index (κ2) is 3.55. The number of hydrogen-bond acceptors (Lipinski definition) is 4. The van der Waals surface area contributed by atoms with Crippen molar-refractivity contribution in [1.82, 2.24) is 0 Å². The Morgan fingerprint density at radius 2 is 2.36 bits per heavy atom. The van der Waals surface area contributed by atoms with Gasteiger partial charge in [-0.25, -0.2) is 4.79 Å². The quantitative estimate of drug-likeness (QED) is 0.822. The summed E-state index contributed by atoms with van der Waals surface area (Å²) in [6.07, 6.45) is 0. The van der Waals surface area contributed by atoms with Crippen molar-refractivity contribution in [1.29, 1.82) is 0 Å². The predicted octanol–water partition coefficient (Wildman–Crippen LogP) is 1.92. The highest BCUT2D eigenvalue weighted by Gasteiger charge is 2.06. The zero-order valence-corrected chi connectivity index (χ0v) is 8.64. The Kier molecular flexibility index (Phi) is 2.39. The zero-order valence-electron chi connectivity index (χ0n) is 7.82. The lowest BCUT2D eigenvalue weighted by Gasteiger charge is -2.07. The highest BCUT2D eigenvalue weighted by atomic mass is 32.1. The summed E-state index contributed by atoms with van der Waals surface area (Å²) in [6.45, 7) is 2.67. The molecular formula is C10H11NO2S. The fraction of sp³-hybridized carbons (Fsp3) is 0.300. The molecule has 4 heteroatoms. The van der Waals surface area contributed by atoms with E-state index in [1.165, 1.54) is 0 Å². The lowest BCUT2D eigenvalue weighted by Crippen LogP contribution is -2.08. The van der Waals surface area contributed by atoms with Crippen molar-refractivity contribution in [3.8, 4) is 0 Å². The first-order valence-corrected chi connectivity index (χ1v) is 5.26. The number of benzene rings is 1. The monoisotopic (exact) mass is 209 g/mol. The first-order valence-electron chi connectivity index (χ1n) is 4.44. The van der Waals surface area contributed by atoms with Crippen LogP contribution in [0.2, 0.25) is 0 Å². The van der Waals surface area contributed by atoms with E-state index in [1.807, 2.05) is 18.2 Å². The Hall–Kier alpha value is -1.13. The number of hydrogen-bond donors (Lipinski definition) is 1. The first-order chi connectivity index (χ1) is 6.70. The van der Waals surface area contributed by atoms with Gasteiger partial charge in [0.05, 0.1) is 4.70 Å². The minimum Gasteiger partial charge on any atom is -0.414 e. The summed E-state index contributed by atoms with van der Waals surface area (Å²) in [6, 6.07) is 5.76. The molecule has 1 heterocycles. The van der Waals surface area contributed by atoms with Crippen LogP contribution < -0.4 is 10.7 Å². The molecule has 2 N–H and O–H groups in total. The molecule has 1 aromatic heterocycles. The Morgan fingerprint density at radius 1 is 1.57 bits per heavy atom. The van der Waals surface area contributed by atoms with E-state index < -0.39 is 0 Å². The summed E-state index contributed by atoms with van der Waals surface area (Å²) in [4.78, 5) is 10.7. The fourth-order valence-corrected chi connectivity index (χ4v) is 2.05. The molecule has 74 valence electrons. The van der Waals surface area contributed by atoms with Gasteiger partial charge in [0.15, 0.2) is 0 Å². The van der Waals surface area contributed by atoms with Crippen molar-refractivity contribution in [3.05, 3.63) is 33.5 Å². The average Bonchev–Trinajstić information content (AvgIpc) is 2.55. The van der Waals surface area contributed by atoms with Gasteiger partial charge < -0.3 is 10.2 Å². The molecule has 0 amide bonds. The van der Waals surface area contributed by atoms with Crippen molar-refractivity contribution >= 4 is 21.6 Å². The second-order valence-corrected chi connectivity index (χ2v) is 4.27. The molecule has 0 aliphatic carbocycles. The smallest absolute Gasteiger partial charge is 0.396 e. The van der Waals surface area contributed by atoms with Crippen LogP contribution in [0.1, 0.15) is 18.4 Å². The third-order valence-electron chi connectivity index (χ3n) is 2.28. The average molecular weight is 209 g/mol. The SMILES string of the molecule is CC(CN)c1ccc2oc(=O)sc2c1.